The minimum Gasteiger partial charge on any atom is -0.410 e. The first-order chi connectivity index (χ1) is 6.24. The van der Waals surface area contributed by atoms with Crippen molar-refractivity contribution in [3.8, 4) is 5.75 Å². The van der Waals surface area contributed by atoms with Crippen molar-refractivity contribution < 1.29 is 9.53 Å². The van der Waals surface area contributed by atoms with Gasteiger partial charge in [-0.1, -0.05) is 18.2 Å². The highest BCUT2D eigenvalue weighted by atomic mass is 16.5. The molecule has 69 valence electrons. The minimum absolute atomic E-state index is 0.388. The van der Waals surface area contributed by atoms with E-state index in [9.17, 15) is 4.79 Å². The molecule has 0 unspecified atom stereocenters. The first kappa shape index (κ1) is 9.54. The molecule has 1 radical (unpaired) electrons. The fraction of sp³-hybridized carbons (Fsp3) is 0.111. The van der Waals surface area contributed by atoms with E-state index in [4.69, 9.17) is 16.2 Å². The molecule has 0 bridgehead atoms. The molecule has 0 aliphatic carbocycles. The number of ether oxygens (including phenoxy) is 1. The van der Waals surface area contributed by atoms with Crippen LogP contribution in [-0.4, -0.2) is 12.6 Å². The highest BCUT2D eigenvalue weighted by Gasteiger charge is 2.04. The summed E-state index contributed by atoms with van der Waals surface area (Å²) >= 11 is 0. The van der Waals surface area contributed by atoms with Gasteiger partial charge < -0.3 is 16.2 Å². The summed E-state index contributed by atoms with van der Waals surface area (Å²) in [5.74, 6) is 0.431. The molecule has 0 saturated heterocycles. The van der Waals surface area contributed by atoms with E-state index >= 15 is 0 Å². The van der Waals surface area contributed by atoms with Crippen molar-refractivity contribution >= 4 is 6.09 Å². The van der Waals surface area contributed by atoms with Crippen LogP contribution < -0.4 is 16.2 Å². The smallest absolute Gasteiger partial charge is 0.409 e. The molecule has 1 aromatic rings. The zero-order valence-electron chi connectivity index (χ0n) is 7.07. The third kappa shape index (κ3) is 2.76. The monoisotopic (exact) mass is 179 g/mol. The molecule has 0 aromatic heterocycles. The standard InChI is InChI=1S/C9H11N2O2/c10-6-5-7-3-1-2-4-8(7)13-9(11)12/h1-5H,6,10H2,(H2,11,12). The van der Waals surface area contributed by atoms with Crippen molar-refractivity contribution in [2.45, 2.75) is 0 Å². The van der Waals surface area contributed by atoms with Crippen molar-refractivity contribution in [3.63, 3.8) is 0 Å². The van der Waals surface area contributed by atoms with E-state index in [0.717, 1.165) is 5.56 Å². The fourth-order valence-electron chi connectivity index (χ4n) is 0.977. The Morgan fingerprint density at radius 1 is 1.46 bits per heavy atom. The molecule has 4 nitrogen and oxygen atoms in total. The van der Waals surface area contributed by atoms with Crippen LogP contribution in [0.3, 0.4) is 0 Å². The Hall–Kier alpha value is -1.55. The van der Waals surface area contributed by atoms with Crippen LogP contribution in [0.15, 0.2) is 24.3 Å². The van der Waals surface area contributed by atoms with Crippen LogP contribution in [0.1, 0.15) is 5.56 Å². The molecule has 0 spiro atoms. The van der Waals surface area contributed by atoms with Gasteiger partial charge in [0.2, 0.25) is 0 Å². The molecule has 13 heavy (non-hydrogen) atoms. The van der Waals surface area contributed by atoms with Gasteiger partial charge in [0, 0.05) is 6.42 Å². The number of benzene rings is 1. The van der Waals surface area contributed by atoms with Crippen LogP contribution in [0.25, 0.3) is 0 Å². The number of amides is 1. The number of nitrogens with two attached hydrogens (primary N) is 2. The number of rotatable bonds is 3. The van der Waals surface area contributed by atoms with Gasteiger partial charge in [-0.05, 0) is 18.2 Å². The van der Waals surface area contributed by atoms with Crippen molar-refractivity contribution in [1.29, 1.82) is 0 Å². The summed E-state index contributed by atoms with van der Waals surface area (Å²) in [5.41, 5.74) is 11.0. The average molecular weight is 179 g/mol. The molecular formula is C9H11N2O2. The van der Waals surface area contributed by atoms with Gasteiger partial charge in [-0.15, -0.1) is 0 Å². The second-order valence-electron chi connectivity index (χ2n) is 2.40. The van der Waals surface area contributed by atoms with Crippen LogP contribution in [0.5, 0.6) is 5.75 Å². The first-order valence-electron chi connectivity index (χ1n) is 3.83. The summed E-state index contributed by atoms with van der Waals surface area (Å²) < 4.78 is 4.75. The highest BCUT2D eigenvalue weighted by Crippen LogP contribution is 2.18. The van der Waals surface area contributed by atoms with E-state index in [1.807, 2.05) is 6.07 Å². The van der Waals surface area contributed by atoms with E-state index in [2.05, 4.69) is 0 Å². The van der Waals surface area contributed by atoms with E-state index in [-0.39, 0.29) is 0 Å². The van der Waals surface area contributed by atoms with Crippen LogP contribution in [0, 0.1) is 6.42 Å². The number of hydrogen-bond donors (Lipinski definition) is 2. The summed E-state index contributed by atoms with van der Waals surface area (Å²) in [7, 11) is 0. The SMILES string of the molecule is NC[CH]c1ccccc1OC(N)=O. The van der Waals surface area contributed by atoms with Crippen LogP contribution >= 0.6 is 0 Å². The zero-order valence-corrected chi connectivity index (χ0v) is 7.07. The lowest BCUT2D eigenvalue weighted by Crippen LogP contribution is -2.17. The predicted molar refractivity (Wildman–Crippen MR) is 49.1 cm³/mol. The number of carbonyl (C=O) groups excluding carboxylic acids is 1. The number of para-hydroxylation sites is 1. The van der Waals surface area contributed by atoms with Crippen molar-refractivity contribution in [2.75, 3.05) is 6.54 Å². The van der Waals surface area contributed by atoms with Crippen LogP contribution in [0.4, 0.5) is 4.79 Å². The Kier molecular flexibility index (Phi) is 3.28. The molecule has 0 aliphatic heterocycles. The van der Waals surface area contributed by atoms with Crippen molar-refractivity contribution in [1.82, 2.24) is 0 Å². The van der Waals surface area contributed by atoms with Crippen LogP contribution in [0.2, 0.25) is 0 Å². The van der Waals surface area contributed by atoms with E-state index in [1.165, 1.54) is 0 Å². The largest absolute Gasteiger partial charge is 0.410 e. The van der Waals surface area contributed by atoms with Gasteiger partial charge in [-0.3, -0.25) is 0 Å². The second-order valence-corrected chi connectivity index (χ2v) is 2.40. The second kappa shape index (κ2) is 4.47. The fourth-order valence-corrected chi connectivity index (χ4v) is 0.977. The van der Waals surface area contributed by atoms with Crippen LogP contribution in [-0.2, 0) is 0 Å². The Bertz CT molecular complexity index is 299. The highest BCUT2D eigenvalue weighted by molar-refractivity contribution is 5.68. The molecule has 0 aliphatic rings. The number of primary amides is 1. The van der Waals surface area contributed by atoms with Gasteiger partial charge in [-0.2, -0.15) is 0 Å². The third-order valence-electron chi connectivity index (χ3n) is 1.47. The maximum atomic E-state index is 10.5. The first-order valence-corrected chi connectivity index (χ1v) is 3.83. The molecule has 0 atom stereocenters. The van der Waals surface area contributed by atoms with Gasteiger partial charge in [0.25, 0.3) is 0 Å². The van der Waals surface area contributed by atoms with Crippen molar-refractivity contribution in [3.05, 3.63) is 36.2 Å². The zero-order chi connectivity index (χ0) is 9.68. The quantitative estimate of drug-likeness (QED) is 0.715. The van der Waals surface area contributed by atoms with Gasteiger partial charge in [0.15, 0.2) is 0 Å². The third-order valence-corrected chi connectivity index (χ3v) is 1.47. The lowest BCUT2D eigenvalue weighted by molar-refractivity contribution is 0.210. The van der Waals surface area contributed by atoms with Gasteiger partial charge in [-0.25, -0.2) is 4.79 Å². The molecular weight excluding hydrogens is 168 g/mol. The maximum Gasteiger partial charge on any atom is 0.409 e. The molecule has 0 heterocycles. The molecule has 1 amide bonds. The molecule has 4 N–H and O–H groups in total. The Balaban J connectivity index is 2.84. The summed E-state index contributed by atoms with van der Waals surface area (Å²) in [6, 6.07) is 7.04. The van der Waals surface area contributed by atoms with Gasteiger partial charge in [0.1, 0.15) is 5.75 Å². The molecule has 0 saturated carbocycles. The normalized spacial score (nSPS) is 9.62. The summed E-state index contributed by atoms with van der Waals surface area (Å²) in [4.78, 5) is 10.5. The molecule has 4 heteroatoms. The Morgan fingerprint density at radius 3 is 2.77 bits per heavy atom. The number of carbonyl (C=O) groups is 1. The predicted octanol–water partition coefficient (Wildman–Crippen LogP) is 0.655. The number of hydrogen-bond acceptors (Lipinski definition) is 3. The van der Waals surface area contributed by atoms with Gasteiger partial charge >= 0.3 is 6.09 Å². The van der Waals surface area contributed by atoms with E-state index in [1.54, 1.807) is 24.6 Å². The van der Waals surface area contributed by atoms with E-state index in [0.29, 0.717) is 12.3 Å². The lowest BCUT2D eigenvalue weighted by atomic mass is 10.1. The average Bonchev–Trinajstić information content (AvgIpc) is 2.08. The summed E-state index contributed by atoms with van der Waals surface area (Å²) in [6.07, 6.45) is 0.927. The minimum atomic E-state index is -0.821. The summed E-state index contributed by atoms with van der Waals surface area (Å²) in [6.45, 7) is 0.388. The summed E-state index contributed by atoms with van der Waals surface area (Å²) in [5, 5.41) is 0. The van der Waals surface area contributed by atoms with Crippen molar-refractivity contribution in [2.24, 2.45) is 11.5 Å². The Labute approximate surface area is 76.5 Å². The topological polar surface area (TPSA) is 78.3 Å². The Morgan fingerprint density at radius 2 is 2.15 bits per heavy atom. The lowest BCUT2D eigenvalue weighted by Gasteiger charge is -2.06. The van der Waals surface area contributed by atoms with Gasteiger partial charge in [0.05, 0.1) is 0 Å². The molecule has 0 fully saturated rings. The molecule has 1 aromatic carbocycles. The maximum absolute atomic E-state index is 10.5. The molecule has 1 rings (SSSR count). The van der Waals surface area contributed by atoms with E-state index < -0.39 is 6.09 Å².